The summed E-state index contributed by atoms with van der Waals surface area (Å²) in [6.07, 6.45) is -2.15. The van der Waals surface area contributed by atoms with Crippen molar-refractivity contribution in [3.8, 4) is 11.4 Å². The highest BCUT2D eigenvalue weighted by molar-refractivity contribution is 7.16. The summed E-state index contributed by atoms with van der Waals surface area (Å²) in [5.74, 6) is -3.66. The van der Waals surface area contributed by atoms with E-state index in [0.29, 0.717) is 17.0 Å². The monoisotopic (exact) mass is 396 g/mol. The van der Waals surface area contributed by atoms with Crippen LogP contribution >= 0.6 is 11.3 Å². The molecule has 0 N–H and O–H groups in total. The lowest BCUT2D eigenvalue weighted by Crippen LogP contribution is -2.32. The van der Waals surface area contributed by atoms with E-state index in [1.54, 1.807) is 35.1 Å². The molecule has 0 fully saturated rings. The Bertz CT molecular complexity index is 1080. The molecule has 0 aliphatic carbocycles. The molecule has 1 aromatic carbocycles. The molecule has 0 atom stereocenters. The average molecular weight is 396 g/mol. The zero-order valence-corrected chi connectivity index (χ0v) is 14.5. The molecule has 4 rings (SSSR count). The van der Waals surface area contributed by atoms with E-state index in [1.165, 1.54) is 11.3 Å². The van der Waals surface area contributed by atoms with Crippen LogP contribution in [-0.4, -0.2) is 38.5 Å². The van der Waals surface area contributed by atoms with Gasteiger partial charge in [-0.15, -0.1) is 16.4 Å². The maximum Gasteiger partial charge on any atom is 0.330 e. The minimum atomic E-state index is -4.15. The fourth-order valence-corrected chi connectivity index (χ4v) is 3.23. The first-order valence-corrected chi connectivity index (χ1v) is 8.73. The van der Waals surface area contributed by atoms with E-state index in [-0.39, 0.29) is 6.61 Å². The number of hydrogen-bond acceptors (Lipinski definition) is 5. The van der Waals surface area contributed by atoms with Gasteiger partial charge in [0.1, 0.15) is 17.8 Å². The lowest BCUT2D eigenvalue weighted by Gasteiger charge is -2.15. The lowest BCUT2D eigenvalue weighted by molar-refractivity contribution is -0.168. The van der Waals surface area contributed by atoms with Crippen LogP contribution in [0.1, 0.15) is 5.56 Å². The first-order chi connectivity index (χ1) is 12.9. The Labute approximate surface area is 154 Å². The maximum absolute atomic E-state index is 12.8. The number of hydrogen-bond donors (Lipinski definition) is 0. The molecule has 0 aliphatic rings. The van der Waals surface area contributed by atoms with Gasteiger partial charge in [-0.1, -0.05) is 24.3 Å². The normalized spacial score (nSPS) is 12.5. The number of rotatable bonds is 6. The van der Waals surface area contributed by atoms with E-state index in [4.69, 9.17) is 4.74 Å². The summed E-state index contributed by atoms with van der Waals surface area (Å²) in [5.41, 5.74) is 2.00. The number of halogens is 4. The predicted octanol–water partition coefficient (Wildman–Crippen LogP) is 4.42. The van der Waals surface area contributed by atoms with Gasteiger partial charge in [0.2, 0.25) is 0 Å². The zero-order chi connectivity index (χ0) is 19.0. The third-order valence-corrected chi connectivity index (χ3v) is 4.72. The molecule has 0 saturated heterocycles. The summed E-state index contributed by atoms with van der Waals surface area (Å²) < 4.78 is 56.1. The highest BCUT2D eigenvalue weighted by Gasteiger charge is 2.40. The lowest BCUT2D eigenvalue weighted by atomic mass is 10.1. The topological polar surface area (TPSA) is 52.3 Å². The number of thiophene rings is 1. The average Bonchev–Trinajstić information content (AvgIpc) is 3.28. The number of alkyl halides is 4. The van der Waals surface area contributed by atoms with Crippen LogP contribution in [0, 0.1) is 0 Å². The van der Waals surface area contributed by atoms with Gasteiger partial charge in [0.25, 0.3) is 0 Å². The third-order valence-electron chi connectivity index (χ3n) is 3.90. The molecule has 3 heterocycles. The molecule has 27 heavy (non-hydrogen) atoms. The van der Waals surface area contributed by atoms with Gasteiger partial charge < -0.3 is 4.74 Å². The van der Waals surface area contributed by atoms with E-state index in [2.05, 4.69) is 15.1 Å². The number of ether oxygens (including phenoxy) is 1. The largest absolute Gasteiger partial charge is 0.370 e. The third kappa shape index (κ3) is 3.50. The summed E-state index contributed by atoms with van der Waals surface area (Å²) in [6.45, 7) is -1.52. The van der Waals surface area contributed by atoms with Crippen molar-refractivity contribution in [3.63, 3.8) is 0 Å². The molecule has 0 radical (unpaired) electrons. The van der Waals surface area contributed by atoms with Gasteiger partial charge in [0, 0.05) is 5.56 Å². The molecule has 4 aromatic rings. The van der Waals surface area contributed by atoms with Crippen molar-refractivity contribution in [1.82, 2.24) is 19.6 Å². The van der Waals surface area contributed by atoms with Crippen LogP contribution in [0.3, 0.4) is 0 Å². The molecule has 0 bridgehead atoms. The Kier molecular flexibility index (Phi) is 4.52. The second kappa shape index (κ2) is 6.86. The van der Waals surface area contributed by atoms with Crippen LogP contribution in [0.5, 0.6) is 0 Å². The fourth-order valence-electron chi connectivity index (χ4n) is 2.51. The summed E-state index contributed by atoms with van der Waals surface area (Å²) >= 11 is 1.51. The molecule has 0 saturated carbocycles. The summed E-state index contributed by atoms with van der Waals surface area (Å²) in [5, 5.41) is 7.23. The number of aromatic nitrogens is 4. The minimum Gasteiger partial charge on any atom is -0.370 e. The van der Waals surface area contributed by atoms with Crippen LogP contribution < -0.4 is 0 Å². The highest BCUT2D eigenvalue weighted by Crippen LogP contribution is 2.25. The Balaban J connectivity index is 1.50. The molecule has 5 nitrogen and oxygen atoms in total. The molecule has 140 valence electrons. The van der Waals surface area contributed by atoms with Gasteiger partial charge >= 0.3 is 12.3 Å². The Morgan fingerprint density at radius 2 is 1.93 bits per heavy atom. The highest BCUT2D eigenvalue weighted by atomic mass is 32.1. The quantitative estimate of drug-likeness (QED) is 0.453. The second-order valence-electron chi connectivity index (χ2n) is 5.84. The molecule has 0 unspecified atom stereocenters. The van der Waals surface area contributed by atoms with Crippen LogP contribution in [0.4, 0.5) is 17.6 Å². The molecule has 10 heteroatoms. The minimum absolute atomic E-state index is 0.194. The van der Waals surface area contributed by atoms with Crippen molar-refractivity contribution in [2.75, 3.05) is 6.61 Å². The van der Waals surface area contributed by atoms with Crippen molar-refractivity contribution < 1.29 is 22.3 Å². The van der Waals surface area contributed by atoms with E-state index >= 15 is 0 Å². The standard InChI is InChI=1S/C17H12F4N4OS/c18-16(19)17(20,21)8-26-7-10-1-3-11(4-2-10)13-23-14-12-5-6-27-15(12)22-9-25(14)24-13/h1-6,9,16H,7-8H2. The molecular weight excluding hydrogens is 384 g/mol. The van der Waals surface area contributed by atoms with Gasteiger partial charge in [0.15, 0.2) is 11.5 Å². The number of nitrogens with zero attached hydrogens (tertiary/aromatic N) is 4. The molecule has 0 amide bonds. The zero-order valence-electron chi connectivity index (χ0n) is 13.7. The molecule has 0 spiro atoms. The predicted molar refractivity (Wildman–Crippen MR) is 92.2 cm³/mol. The van der Waals surface area contributed by atoms with Gasteiger partial charge in [-0.3, -0.25) is 0 Å². The first-order valence-electron chi connectivity index (χ1n) is 7.86. The van der Waals surface area contributed by atoms with Gasteiger partial charge in [-0.05, 0) is 17.0 Å². The van der Waals surface area contributed by atoms with Gasteiger partial charge in [-0.2, -0.15) is 8.78 Å². The fraction of sp³-hybridized carbons (Fsp3) is 0.235. The van der Waals surface area contributed by atoms with Gasteiger partial charge in [0.05, 0.1) is 12.0 Å². The van der Waals surface area contributed by atoms with E-state index in [0.717, 1.165) is 15.8 Å². The summed E-state index contributed by atoms with van der Waals surface area (Å²) in [4.78, 5) is 9.71. The molecular formula is C17H12F4N4OS. The SMILES string of the molecule is FC(F)C(F)(F)COCc1ccc(-c2nc3c4ccsc4ncn3n2)cc1. The second-order valence-corrected chi connectivity index (χ2v) is 6.73. The summed E-state index contributed by atoms with van der Waals surface area (Å²) in [7, 11) is 0. The van der Waals surface area contributed by atoms with Crippen molar-refractivity contribution in [2.24, 2.45) is 0 Å². The van der Waals surface area contributed by atoms with E-state index in [9.17, 15) is 17.6 Å². The van der Waals surface area contributed by atoms with Crippen molar-refractivity contribution >= 4 is 27.2 Å². The Morgan fingerprint density at radius 3 is 2.67 bits per heavy atom. The van der Waals surface area contributed by atoms with E-state index in [1.807, 2.05) is 11.4 Å². The van der Waals surface area contributed by atoms with Crippen molar-refractivity contribution in [2.45, 2.75) is 19.0 Å². The van der Waals surface area contributed by atoms with Crippen molar-refractivity contribution in [1.29, 1.82) is 0 Å². The summed E-state index contributed by atoms with van der Waals surface area (Å²) in [6, 6.07) is 8.67. The van der Waals surface area contributed by atoms with Crippen molar-refractivity contribution in [3.05, 3.63) is 47.6 Å². The van der Waals surface area contributed by atoms with E-state index < -0.39 is 19.0 Å². The number of fused-ring (bicyclic) bond motifs is 3. The van der Waals surface area contributed by atoms with Crippen LogP contribution in [0.25, 0.3) is 27.3 Å². The molecule has 0 aliphatic heterocycles. The first kappa shape index (κ1) is 17.8. The van der Waals surface area contributed by atoms with Gasteiger partial charge in [-0.25, -0.2) is 23.3 Å². The maximum atomic E-state index is 12.8. The smallest absolute Gasteiger partial charge is 0.330 e. The van der Waals surface area contributed by atoms with Crippen LogP contribution in [-0.2, 0) is 11.3 Å². The van der Waals surface area contributed by atoms with Crippen LogP contribution in [0.15, 0.2) is 42.0 Å². The van der Waals surface area contributed by atoms with Crippen LogP contribution in [0.2, 0.25) is 0 Å². The molecule has 3 aromatic heterocycles. The Hall–Kier alpha value is -2.59. The Morgan fingerprint density at radius 1 is 1.15 bits per heavy atom. The number of benzene rings is 1.